The molecular formula is C17H21NO6S2. The summed E-state index contributed by atoms with van der Waals surface area (Å²) in [4.78, 5) is -0.300. The summed E-state index contributed by atoms with van der Waals surface area (Å²) in [5.74, 6) is 0.797. The highest BCUT2D eigenvalue weighted by atomic mass is 32.2. The highest BCUT2D eigenvalue weighted by molar-refractivity contribution is 7.91. The lowest BCUT2D eigenvalue weighted by molar-refractivity contribution is 0.401. The number of sulfonamides is 1. The zero-order valence-corrected chi connectivity index (χ0v) is 16.4. The SMILES string of the molecule is COc1ccc(CCNS(=O)(=O)c2cc(S(C)(=O)=O)ccc2OC)cc1. The molecular weight excluding hydrogens is 378 g/mol. The summed E-state index contributed by atoms with van der Waals surface area (Å²) in [5, 5.41) is 0. The van der Waals surface area contributed by atoms with E-state index in [-0.39, 0.29) is 22.1 Å². The molecule has 0 spiro atoms. The molecule has 0 radical (unpaired) electrons. The van der Waals surface area contributed by atoms with Gasteiger partial charge < -0.3 is 9.47 Å². The Morgan fingerprint density at radius 1 is 0.923 bits per heavy atom. The van der Waals surface area contributed by atoms with E-state index in [0.29, 0.717) is 6.42 Å². The van der Waals surface area contributed by atoms with Crippen molar-refractivity contribution in [2.24, 2.45) is 0 Å². The van der Waals surface area contributed by atoms with Gasteiger partial charge in [-0.25, -0.2) is 21.6 Å². The van der Waals surface area contributed by atoms with Crippen LogP contribution in [0.25, 0.3) is 0 Å². The van der Waals surface area contributed by atoms with Gasteiger partial charge in [-0.3, -0.25) is 0 Å². The maximum atomic E-state index is 12.6. The van der Waals surface area contributed by atoms with Crippen LogP contribution in [-0.4, -0.2) is 43.9 Å². The summed E-state index contributed by atoms with van der Waals surface area (Å²) in [6.07, 6.45) is 1.49. The number of benzene rings is 2. The van der Waals surface area contributed by atoms with Gasteiger partial charge in [0.05, 0.1) is 19.1 Å². The molecule has 0 aliphatic rings. The van der Waals surface area contributed by atoms with Gasteiger partial charge in [0.15, 0.2) is 9.84 Å². The van der Waals surface area contributed by atoms with E-state index in [1.165, 1.54) is 19.2 Å². The molecule has 142 valence electrons. The highest BCUT2D eigenvalue weighted by Gasteiger charge is 2.22. The van der Waals surface area contributed by atoms with Crippen molar-refractivity contribution in [2.45, 2.75) is 16.2 Å². The van der Waals surface area contributed by atoms with Crippen LogP contribution in [0, 0.1) is 0 Å². The quantitative estimate of drug-likeness (QED) is 0.724. The smallest absolute Gasteiger partial charge is 0.244 e. The van der Waals surface area contributed by atoms with Crippen LogP contribution in [0.5, 0.6) is 11.5 Å². The molecule has 0 aromatic heterocycles. The molecule has 0 amide bonds. The first-order valence-corrected chi connectivity index (χ1v) is 11.1. The molecule has 0 unspecified atom stereocenters. The minimum Gasteiger partial charge on any atom is -0.497 e. The topological polar surface area (TPSA) is 98.8 Å². The fourth-order valence-corrected chi connectivity index (χ4v) is 4.24. The van der Waals surface area contributed by atoms with Crippen molar-refractivity contribution >= 4 is 19.9 Å². The van der Waals surface area contributed by atoms with E-state index in [1.54, 1.807) is 19.2 Å². The molecule has 2 rings (SSSR count). The monoisotopic (exact) mass is 399 g/mol. The largest absolute Gasteiger partial charge is 0.497 e. The maximum Gasteiger partial charge on any atom is 0.244 e. The fraction of sp³-hybridized carbons (Fsp3) is 0.294. The van der Waals surface area contributed by atoms with Crippen molar-refractivity contribution in [3.63, 3.8) is 0 Å². The Kier molecular flexibility index (Phi) is 6.27. The van der Waals surface area contributed by atoms with Crippen LogP contribution in [0.1, 0.15) is 5.56 Å². The first-order chi connectivity index (χ1) is 12.2. The molecule has 0 fully saturated rings. The second kappa shape index (κ2) is 8.07. The van der Waals surface area contributed by atoms with E-state index in [4.69, 9.17) is 9.47 Å². The first kappa shape index (κ1) is 20.2. The summed E-state index contributed by atoms with van der Waals surface area (Å²) in [5.41, 5.74) is 0.936. The van der Waals surface area contributed by atoms with Gasteiger partial charge in [0.2, 0.25) is 10.0 Å². The first-order valence-electron chi connectivity index (χ1n) is 7.68. The average Bonchev–Trinajstić information content (AvgIpc) is 2.60. The van der Waals surface area contributed by atoms with Gasteiger partial charge in [0.25, 0.3) is 0 Å². The third kappa shape index (κ3) is 4.96. The lowest BCUT2D eigenvalue weighted by Gasteiger charge is -2.12. The predicted molar refractivity (Wildman–Crippen MR) is 98.0 cm³/mol. The Bertz CT molecular complexity index is 967. The fourth-order valence-electron chi connectivity index (χ4n) is 2.30. The molecule has 1 N–H and O–H groups in total. The summed E-state index contributed by atoms with van der Waals surface area (Å²) in [6, 6.07) is 11.0. The van der Waals surface area contributed by atoms with Gasteiger partial charge >= 0.3 is 0 Å². The maximum absolute atomic E-state index is 12.6. The number of ether oxygens (including phenoxy) is 2. The molecule has 0 saturated carbocycles. The van der Waals surface area contributed by atoms with Crippen molar-refractivity contribution in [2.75, 3.05) is 27.0 Å². The Morgan fingerprint density at radius 2 is 1.58 bits per heavy atom. The molecule has 0 aliphatic heterocycles. The van der Waals surface area contributed by atoms with Crippen LogP contribution in [-0.2, 0) is 26.3 Å². The van der Waals surface area contributed by atoms with E-state index in [9.17, 15) is 16.8 Å². The van der Waals surface area contributed by atoms with Gasteiger partial charge in [-0.2, -0.15) is 0 Å². The number of rotatable bonds is 8. The van der Waals surface area contributed by atoms with Crippen LogP contribution < -0.4 is 14.2 Å². The molecule has 0 aliphatic carbocycles. The third-order valence-electron chi connectivity index (χ3n) is 3.72. The molecule has 9 heteroatoms. The molecule has 7 nitrogen and oxygen atoms in total. The van der Waals surface area contributed by atoms with Crippen LogP contribution in [0.4, 0.5) is 0 Å². The number of nitrogens with one attached hydrogen (secondary N) is 1. The normalized spacial score (nSPS) is 12.0. The van der Waals surface area contributed by atoms with Crippen molar-refractivity contribution in [3.05, 3.63) is 48.0 Å². The van der Waals surface area contributed by atoms with Gasteiger partial charge in [-0.1, -0.05) is 12.1 Å². The molecule has 2 aromatic carbocycles. The molecule has 0 saturated heterocycles. The molecule has 2 aromatic rings. The van der Waals surface area contributed by atoms with Crippen LogP contribution in [0.3, 0.4) is 0 Å². The molecule has 0 heterocycles. The minimum absolute atomic E-state index is 0.0781. The standard InChI is InChI=1S/C17H21NO6S2/c1-23-14-6-4-13(5-7-14)10-11-18-26(21,22)17-12-15(25(3,19)20)8-9-16(17)24-2/h4-9,12,18H,10-11H2,1-3H3. The Labute approximate surface area is 153 Å². The summed E-state index contributed by atoms with van der Waals surface area (Å²) in [7, 11) is -4.58. The van der Waals surface area contributed by atoms with Crippen molar-refractivity contribution in [3.8, 4) is 11.5 Å². The Morgan fingerprint density at radius 3 is 2.12 bits per heavy atom. The van der Waals surface area contributed by atoms with Gasteiger partial charge in [0.1, 0.15) is 16.4 Å². The molecule has 0 bridgehead atoms. The Hall–Kier alpha value is -2.10. The summed E-state index contributed by atoms with van der Waals surface area (Å²) in [6.45, 7) is 0.154. The highest BCUT2D eigenvalue weighted by Crippen LogP contribution is 2.26. The van der Waals surface area contributed by atoms with E-state index in [0.717, 1.165) is 23.6 Å². The number of hydrogen-bond donors (Lipinski definition) is 1. The lowest BCUT2D eigenvalue weighted by atomic mass is 10.1. The zero-order valence-electron chi connectivity index (χ0n) is 14.7. The Balaban J connectivity index is 2.18. The van der Waals surface area contributed by atoms with Crippen LogP contribution in [0.15, 0.2) is 52.3 Å². The number of sulfone groups is 1. The van der Waals surface area contributed by atoms with Crippen molar-refractivity contribution in [1.29, 1.82) is 0 Å². The molecule has 0 atom stereocenters. The number of hydrogen-bond acceptors (Lipinski definition) is 6. The van der Waals surface area contributed by atoms with Gasteiger partial charge in [-0.15, -0.1) is 0 Å². The van der Waals surface area contributed by atoms with Gasteiger partial charge in [-0.05, 0) is 42.3 Å². The van der Waals surface area contributed by atoms with Crippen LogP contribution >= 0.6 is 0 Å². The second-order valence-corrected chi connectivity index (χ2v) is 9.33. The zero-order chi connectivity index (χ0) is 19.4. The van der Waals surface area contributed by atoms with Gasteiger partial charge in [0, 0.05) is 12.8 Å². The van der Waals surface area contributed by atoms with E-state index in [2.05, 4.69) is 4.72 Å². The molecule has 26 heavy (non-hydrogen) atoms. The average molecular weight is 399 g/mol. The predicted octanol–water partition coefficient (Wildman–Crippen LogP) is 1.63. The van der Waals surface area contributed by atoms with Crippen molar-refractivity contribution < 1.29 is 26.3 Å². The summed E-state index contributed by atoms with van der Waals surface area (Å²) >= 11 is 0. The van der Waals surface area contributed by atoms with Crippen molar-refractivity contribution in [1.82, 2.24) is 4.72 Å². The summed E-state index contributed by atoms with van der Waals surface area (Å²) < 4.78 is 61.2. The van der Waals surface area contributed by atoms with Crippen LogP contribution in [0.2, 0.25) is 0 Å². The van der Waals surface area contributed by atoms with E-state index >= 15 is 0 Å². The van der Waals surface area contributed by atoms with E-state index < -0.39 is 19.9 Å². The minimum atomic E-state index is -3.93. The third-order valence-corrected chi connectivity index (χ3v) is 6.31. The number of methoxy groups -OCH3 is 2. The lowest BCUT2D eigenvalue weighted by Crippen LogP contribution is -2.26. The second-order valence-electron chi connectivity index (χ2n) is 5.58. The van der Waals surface area contributed by atoms with E-state index in [1.807, 2.05) is 12.1 Å².